The Balaban J connectivity index is 2.15. The van der Waals surface area contributed by atoms with Gasteiger partial charge in [0.1, 0.15) is 5.92 Å². The quantitative estimate of drug-likeness (QED) is 0.460. The van der Waals surface area contributed by atoms with Crippen molar-refractivity contribution in [3.8, 4) is 0 Å². The number of piperidine rings is 1. The van der Waals surface area contributed by atoms with E-state index in [1.54, 1.807) is 32.9 Å². The zero-order chi connectivity index (χ0) is 20.5. The van der Waals surface area contributed by atoms with E-state index >= 15 is 0 Å². The first kappa shape index (κ1) is 19.8. The van der Waals surface area contributed by atoms with Crippen LogP contribution in [0.1, 0.15) is 37.8 Å². The van der Waals surface area contributed by atoms with Gasteiger partial charge in [0.25, 0.3) is 0 Å². The van der Waals surface area contributed by atoms with Crippen molar-refractivity contribution in [3.63, 3.8) is 0 Å². The summed E-state index contributed by atoms with van der Waals surface area (Å²) in [5, 5.41) is 0. The van der Waals surface area contributed by atoms with E-state index in [1.165, 1.54) is 0 Å². The van der Waals surface area contributed by atoms with E-state index < -0.39 is 29.1 Å². The fraction of sp³-hybridized carbons (Fsp3) is 0.348. The van der Waals surface area contributed by atoms with Gasteiger partial charge in [-0.05, 0) is 31.5 Å². The van der Waals surface area contributed by atoms with Crippen LogP contribution in [0.3, 0.4) is 0 Å². The van der Waals surface area contributed by atoms with E-state index in [9.17, 15) is 14.4 Å². The Hall–Kier alpha value is -2.95. The van der Waals surface area contributed by atoms with Crippen molar-refractivity contribution < 1.29 is 19.1 Å². The molecule has 1 aliphatic rings. The maximum atomic E-state index is 13.4. The average Bonchev–Trinajstić information content (AvgIpc) is 2.67. The number of amides is 2. The van der Waals surface area contributed by atoms with Crippen LogP contribution in [0.25, 0.3) is 0 Å². The van der Waals surface area contributed by atoms with Crippen LogP contribution < -0.4 is 4.90 Å². The summed E-state index contributed by atoms with van der Waals surface area (Å²) in [6, 6.07) is 16.4. The number of aryl methyl sites for hydroxylation is 1. The summed E-state index contributed by atoms with van der Waals surface area (Å²) in [6.45, 7) is 7.37. The summed E-state index contributed by atoms with van der Waals surface area (Å²) in [6.07, 6.45) is 0. The number of nitrogens with zero attached hydrogens (tertiary/aromatic N) is 1. The van der Waals surface area contributed by atoms with Gasteiger partial charge in [0.15, 0.2) is 0 Å². The lowest BCUT2D eigenvalue weighted by atomic mass is 9.64. The first-order valence-corrected chi connectivity index (χ1v) is 9.45. The molecule has 3 rings (SSSR count). The predicted octanol–water partition coefficient (Wildman–Crippen LogP) is 3.86. The van der Waals surface area contributed by atoms with Crippen molar-refractivity contribution in [2.45, 2.75) is 33.6 Å². The fourth-order valence-electron chi connectivity index (χ4n) is 3.90. The van der Waals surface area contributed by atoms with Crippen LogP contribution in [0.2, 0.25) is 0 Å². The molecule has 2 atom stereocenters. The normalized spacial score (nSPS) is 21.5. The summed E-state index contributed by atoms with van der Waals surface area (Å²) >= 11 is 0. The third-order valence-electron chi connectivity index (χ3n) is 5.34. The van der Waals surface area contributed by atoms with Crippen molar-refractivity contribution in [3.05, 3.63) is 65.7 Å². The van der Waals surface area contributed by atoms with Gasteiger partial charge in [-0.15, -0.1) is 0 Å². The van der Waals surface area contributed by atoms with Gasteiger partial charge in [-0.1, -0.05) is 61.9 Å². The van der Waals surface area contributed by atoms with Crippen molar-refractivity contribution >= 4 is 23.5 Å². The molecule has 0 N–H and O–H groups in total. The molecule has 0 bridgehead atoms. The van der Waals surface area contributed by atoms with Crippen molar-refractivity contribution in [1.82, 2.24) is 0 Å². The molecule has 2 unspecified atom stereocenters. The minimum Gasteiger partial charge on any atom is -0.465 e. The SMILES string of the molecule is CCOC(=O)C1C(=O)N(c2ccc(C)cc2)C(=O)C(C)(C)C1c1ccccc1. The van der Waals surface area contributed by atoms with Crippen LogP contribution in [0.15, 0.2) is 54.6 Å². The molecule has 1 saturated heterocycles. The Morgan fingerprint density at radius 3 is 2.21 bits per heavy atom. The maximum absolute atomic E-state index is 13.4. The first-order valence-electron chi connectivity index (χ1n) is 9.45. The van der Waals surface area contributed by atoms with Gasteiger partial charge in [-0.2, -0.15) is 0 Å². The van der Waals surface area contributed by atoms with Gasteiger partial charge >= 0.3 is 5.97 Å². The number of imide groups is 1. The second-order valence-corrected chi connectivity index (χ2v) is 7.65. The third-order valence-corrected chi connectivity index (χ3v) is 5.34. The van der Waals surface area contributed by atoms with Crippen LogP contribution >= 0.6 is 0 Å². The molecule has 1 heterocycles. The smallest absolute Gasteiger partial charge is 0.319 e. The van der Waals surface area contributed by atoms with E-state index in [4.69, 9.17) is 4.74 Å². The molecule has 28 heavy (non-hydrogen) atoms. The largest absolute Gasteiger partial charge is 0.465 e. The molecule has 0 saturated carbocycles. The minimum atomic E-state index is -1.09. The maximum Gasteiger partial charge on any atom is 0.319 e. The fourth-order valence-corrected chi connectivity index (χ4v) is 3.90. The summed E-state index contributed by atoms with van der Waals surface area (Å²) in [4.78, 5) is 40.8. The van der Waals surface area contributed by atoms with Gasteiger partial charge in [0.05, 0.1) is 17.7 Å². The minimum absolute atomic E-state index is 0.170. The molecule has 1 fully saturated rings. The summed E-state index contributed by atoms with van der Waals surface area (Å²) in [5.41, 5.74) is 1.28. The van der Waals surface area contributed by atoms with Gasteiger partial charge in [-0.3, -0.25) is 14.4 Å². The highest BCUT2D eigenvalue weighted by Gasteiger charge is 2.57. The molecule has 0 aliphatic carbocycles. The molecule has 146 valence electrons. The highest BCUT2D eigenvalue weighted by Crippen LogP contribution is 2.48. The number of rotatable bonds is 4. The number of anilines is 1. The topological polar surface area (TPSA) is 63.7 Å². The Bertz CT molecular complexity index is 887. The van der Waals surface area contributed by atoms with E-state index in [0.29, 0.717) is 5.69 Å². The van der Waals surface area contributed by atoms with Crippen LogP contribution in [-0.4, -0.2) is 24.4 Å². The highest BCUT2D eigenvalue weighted by atomic mass is 16.5. The number of ether oxygens (including phenoxy) is 1. The highest BCUT2D eigenvalue weighted by molar-refractivity contribution is 6.24. The van der Waals surface area contributed by atoms with Crippen LogP contribution in [0.5, 0.6) is 0 Å². The van der Waals surface area contributed by atoms with Gasteiger partial charge in [0.2, 0.25) is 11.8 Å². The standard InChI is InChI=1S/C23H25NO4/c1-5-28-21(26)18-19(16-9-7-6-8-10-16)23(3,4)22(27)24(20(18)25)17-13-11-15(2)12-14-17/h6-14,18-19H,5H2,1-4H3. The van der Waals surface area contributed by atoms with Crippen molar-refractivity contribution in [2.24, 2.45) is 11.3 Å². The predicted molar refractivity (Wildman–Crippen MR) is 107 cm³/mol. The lowest BCUT2D eigenvalue weighted by Gasteiger charge is -2.45. The molecule has 0 spiro atoms. The summed E-state index contributed by atoms with van der Waals surface area (Å²) < 4.78 is 5.24. The second-order valence-electron chi connectivity index (χ2n) is 7.65. The molecular weight excluding hydrogens is 354 g/mol. The monoisotopic (exact) mass is 379 g/mol. The molecule has 5 heteroatoms. The van der Waals surface area contributed by atoms with Gasteiger partial charge in [-0.25, -0.2) is 4.90 Å². The Labute approximate surface area is 165 Å². The van der Waals surface area contributed by atoms with Gasteiger partial charge in [0, 0.05) is 5.92 Å². The number of carbonyl (C=O) groups is 3. The Kier molecular flexibility index (Phi) is 5.36. The Morgan fingerprint density at radius 2 is 1.64 bits per heavy atom. The summed E-state index contributed by atoms with van der Waals surface area (Å²) in [5.74, 6) is -3.15. The van der Waals surface area contributed by atoms with Crippen LogP contribution in [-0.2, 0) is 19.1 Å². The second kappa shape index (κ2) is 7.58. The molecule has 5 nitrogen and oxygen atoms in total. The number of carbonyl (C=O) groups excluding carboxylic acids is 3. The lowest BCUT2D eigenvalue weighted by molar-refractivity contribution is -0.158. The number of hydrogen-bond acceptors (Lipinski definition) is 4. The van der Waals surface area contributed by atoms with E-state index in [1.807, 2.05) is 49.4 Å². The number of hydrogen-bond donors (Lipinski definition) is 0. The molecule has 0 aromatic heterocycles. The van der Waals surface area contributed by atoms with E-state index in [-0.39, 0.29) is 12.5 Å². The molecule has 1 aliphatic heterocycles. The molecule has 2 aromatic carbocycles. The van der Waals surface area contributed by atoms with Gasteiger partial charge < -0.3 is 4.74 Å². The molecule has 0 radical (unpaired) electrons. The molecule has 2 amide bonds. The zero-order valence-electron chi connectivity index (χ0n) is 16.6. The average molecular weight is 379 g/mol. The first-order chi connectivity index (χ1) is 13.3. The van der Waals surface area contributed by atoms with Crippen LogP contribution in [0, 0.1) is 18.3 Å². The number of benzene rings is 2. The van der Waals surface area contributed by atoms with Crippen molar-refractivity contribution in [1.29, 1.82) is 0 Å². The zero-order valence-corrected chi connectivity index (χ0v) is 16.6. The van der Waals surface area contributed by atoms with Crippen molar-refractivity contribution in [2.75, 3.05) is 11.5 Å². The third kappa shape index (κ3) is 3.33. The van der Waals surface area contributed by atoms with E-state index in [2.05, 4.69) is 0 Å². The molecule has 2 aromatic rings. The molecular formula is C23H25NO4. The number of esters is 1. The van der Waals surface area contributed by atoms with E-state index in [0.717, 1.165) is 16.0 Å². The summed E-state index contributed by atoms with van der Waals surface area (Å²) in [7, 11) is 0. The Morgan fingerprint density at radius 1 is 1.04 bits per heavy atom. The lowest BCUT2D eigenvalue weighted by Crippen LogP contribution is -2.59. The van der Waals surface area contributed by atoms with Crippen LogP contribution in [0.4, 0.5) is 5.69 Å².